The van der Waals surface area contributed by atoms with Gasteiger partial charge < -0.3 is 14.5 Å². The van der Waals surface area contributed by atoms with Gasteiger partial charge >= 0.3 is 12.6 Å². The van der Waals surface area contributed by atoms with E-state index >= 15 is 0 Å². The third-order valence-electron chi connectivity index (χ3n) is 3.73. The SMILES string of the molecule is CC(=O)c1c(C)[nH]c(C(=O)OCC(=O)c2ccc(OC(F)F)cc2)c1C. The fourth-order valence-corrected chi connectivity index (χ4v) is 2.59. The van der Waals surface area contributed by atoms with Gasteiger partial charge in [-0.25, -0.2) is 4.79 Å². The van der Waals surface area contributed by atoms with E-state index in [1.807, 2.05) is 0 Å². The second-order valence-electron chi connectivity index (χ2n) is 5.58. The Morgan fingerprint density at radius 1 is 1.12 bits per heavy atom. The number of aromatic nitrogens is 1. The summed E-state index contributed by atoms with van der Waals surface area (Å²) in [5.41, 5.74) is 1.71. The summed E-state index contributed by atoms with van der Waals surface area (Å²) in [6.07, 6.45) is 0. The highest BCUT2D eigenvalue weighted by Crippen LogP contribution is 2.19. The number of aromatic amines is 1. The summed E-state index contributed by atoms with van der Waals surface area (Å²) in [4.78, 5) is 38.6. The molecule has 0 radical (unpaired) electrons. The topological polar surface area (TPSA) is 85.5 Å². The maximum atomic E-state index is 12.1. The van der Waals surface area contributed by atoms with Gasteiger partial charge in [0.15, 0.2) is 18.2 Å². The predicted molar refractivity (Wildman–Crippen MR) is 88.0 cm³/mol. The van der Waals surface area contributed by atoms with Crippen LogP contribution >= 0.6 is 0 Å². The molecule has 2 aromatic rings. The Balaban J connectivity index is 2.02. The van der Waals surface area contributed by atoms with E-state index in [9.17, 15) is 23.2 Å². The molecule has 0 saturated carbocycles. The Hall–Kier alpha value is -3.03. The number of Topliss-reactive ketones (excluding diaryl/α,β-unsaturated/α-hetero) is 2. The van der Waals surface area contributed by atoms with Crippen molar-refractivity contribution in [2.45, 2.75) is 27.4 Å². The molecule has 0 aliphatic carbocycles. The van der Waals surface area contributed by atoms with Gasteiger partial charge in [0.25, 0.3) is 0 Å². The van der Waals surface area contributed by atoms with Gasteiger partial charge in [-0.05, 0) is 50.6 Å². The number of hydrogen-bond donors (Lipinski definition) is 1. The minimum absolute atomic E-state index is 0.0807. The van der Waals surface area contributed by atoms with E-state index in [0.717, 1.165) is 0 Å². The molecule has 0 saturated heterocycles. The Bertz CT molecular complexity index is 840. The lowest BCUT2D eigenvalue weighted by Crippen LogP contribution is -2.15. The van der Waals surface area contributed by atoms with Crippen molar-refractivity contribution < 1.29 is 32.6 Å². The Morgan fingerprint density at radius 2 is 1.73 bits per heavy atom. The predicted octanol–water partition coefficient (Wildman–Crippen LogP) is 3.48. The quantitative estimate of drug-likeness (QED) is 0.600. The molecule has 0 spiro atoms. The van der Waals surface area contributed by atoms with Crippen molar-refractivity contribution in [2.75, 3.05) is 6.61 Å². The van der Waals surface area contributed by atoms with Gasteiger partial charge in [0, 0.05) is 16.8 Å². The summed E-state index contributed by atoms with van der Waals surface area (Å²) in [6, 6.07) is 5.04. The average molecular weight is 365 g/mol. The van der Waals surface area contributed by atoms with Crippen molar-refractivity contribution in [3.05, 3.63) is 52.3 Å². The smallest absolute Gasteiger partial charge is 0.387 e. The van der Waals surface area contributed by atoms with Crippen LogP contribution in [0.2, 0.25) is 0 Å². The lowest BCUT2D eigenvalue weighted by atomic mass is 10.1. The summed E-state index contributed by atoms with van der Waals surface area (Å²) < 4.78 is 33.4. The second-order valence-corrected chi connectivity index (χ2v) is 5.58. The van der Waals surface area contributed by atoms with Crippen LogP contribution in [0.3, 0.4) is 0 Å². The minimum atomic E-state index is -2.95. The average Bonchev–Trinajstić information content (AvgIpc) is 2.87. The third kappa shape index (κ3) is 4.33. The van der Waals surface area contributed by atoms with Crippen molar-refractivity contribution >= 4 is 17.5 Å². The number of rotatable bonds is 7. The van der Waals surface area contributed by atoms with Crippen molar-refractivity contribution in [3.8, 4) is 5.75 Å². The molecule has 8 heteroatoms. The van der Waals surface area contributed by atoms with Gasteiger partial charge in [-0.2, -0.15) is 8.78 Å². The van der Waals surface area contributed by atoms with Crippen LogP contribution in [-0.2, 0) is 4.74 Å². The molecule has 0 unspecified atom stereocenters. The van der Waals surface area contributed by atoms with E-state index in [-0.39, 0.29) is 22.8 Å². The largest absolute Gasteiger partial charge is 0.453 e. The van der Waals surface area contributed by atoms with Gasteiger partial charge in [-0.1, -0.05) is 0 Å². The van der Waals surface area contributed by atoms with Crippen LogP contribution in [0.5, 0.6) is 5.75 Å². The fraction of sp³-hybridized carbons (Fsp3) is 0.278. The summed E-state index contributed by atoms with van der Waals surface area (Å²) in [6.45, 7) is 1.18. The second kappa shape index (κ2) is 7.90. The summed E-state index contributed by atoms with van der Waals surface area (Å²) in [5, 5.41) is 0. The van der Waals surface area contributed by atoms with Crippen LogP contribution in [0.15, 0.2) is 24.3 Å². The molecule has 1 heterocycles. The zero-order valence-electron chi connectivity index (χ0n) is 14.4. The Morgan fingerprint density at radius 3 is 2.23 bits per heavy atom. The van der Waals surface area contributed by atoms with Gasteiger partial charge in [-0.15, -0.1) is 0 Å². The van der Waals surface area contributed by atoms with E-state index in [0.29, 0.717) is 16.8 Å². The highest BCUT2D eigenvalue weighted by atomic mass is 19.3. The number of carbonyl (C=O) groups excluding carboxylic acids is 3. The first kappa shape index (κ1) is 19.3. The zero-order valence-corrected chi connectivity index (χ0v) is 14.4. The van der Waals surface area contributed by atoms with Crippen molar-refractivity contribution in [2.24, 2.45) is 0 Å². The van der Waals surface area contributed by atoms with Crippen molar-refractivity contribution in [1.29, 1.82) is 0 Å². The molecule has 1 aromatic carbocycles. The van der Waals surface area contributed by atoms with Crippen LogP contribution in [0.4, 0.5) is 8.78 Å². The van der Waals surface area contributed by atoms with Gasteiger partial charge in [-0.3, -0.25) is 9.59 Å². The Labute approximate surface area is 148 Å². The zero-order chi connectivity index (χ0) is 19.4. The first-order valence-electron chi connectivity index (χ1n) is 7.66. The minimum Gasteiger partial charge on any atom is -0.453 e. The molecule has 1 aromatic heterocycles. The van der Waals surface area contributed by atoms with Crippen molar-refractivity contribution in [1.82, 2.24) is 4.98 Å². The van der Waals surface area contributed by atoms with E-state index in [2.05, 4.69) is 9.72 Å². The van der Waals surface area contributed by atoms with E-state index in [1.54, 1.807) is 13.8 Å². The number of H-pyrrole nitrogens is 1. The van der Waals surface area contributed by atoms with Crippen LogP contribution in [0, 0.1) is 13.8 Å². The summed E-state index contributed by atoms with van der Waals surface area (Å²) in [5.74, 6) is -1.53. The highest BCUT2D eigenvalue weighted by molar-refractivity contribution is 6.02. The van der Waals surface area contributed by atoms with Gasteiger partial charge in [0.05, 0.1) is 0 Å². The molecule has 0 aliphatic rings. The fourth-order valence-electron chi connectivity index (χ4n) is 2.59. The van der Waals surface area contributed by atoms with Crippen LogP contribution < -0.4 is 4.74 Å². The van der Waals surface area contributed by atoms with Gasteiger partial charge in [0.2, 0.25) is 0 Å². The first-order valence-corrected chi connectivity index (χ1v) is 7.66. The number of ketones is 2. The number of ether oxygens (including phenoxy) is 2. The molecular formula is C18H17F2NO5. The lowest BCUT2D eigenvalue weighted by Gasteiger charge is -2.06. The summed E-state index contributed by atoms with van der Waals surface area (Å²) in [7, 11) is 0. The molecule has 0 atom stereocenters. The molecular weight excluding hydrogens is 348 g/mol. The van der Waals surface area contributed by atoms with E-state index in [4.69, 9.17) is 4.74 Å². The third-order valence-corrected chi connectivity index (χ3v) is 3.73. The normalized spacial score (nSPS) is 10.7. The van der Waals surface area contributed by atoms with Gasteiger partial charge in [0.1, 0.15) is 11.4 Å². The number of carbonyl (C=O) groups is 3. The molecule has 138 valence electrons. The maximum Gasteiger partial charge on any atom is 0.387 e. The highest BCUT2D eigenvalue weighted by Gasteiger charge is 2.21. The molecule has 0 bridgehead atoms. The molecule has 26 heavy (non-hydrogen) atoms. The van der Waals surface area contributed by atoms with E-state index in [1.165, 1.54) is 31.2 Å². The summed E-state index contributed by atoms with van der Waals surface area (Å²) >= 11 is 0. The molecule has 0 fully saturated rings. The number of aryl methyl sites for hydroxylation is 1. The number of hydrogen-bond acceptors (Lipinski definition) is 5. The number of nitrogens with one attached hydrogen (secondary N) is 1. The number of benzene rings is 1. The molecule has 1 N–H and O–H groups in total. The molecule has 0 aliphatic heterocycles. The van der Waals surface area contributed by atoms with Crippen molar-refractivity contribution in [3.63, 3.8) is 0 Å². The number of esters is 1. The molecule has 6 nitrogen and oxygen atoms in total. The standard InChI is InChI=1S/C18H17F2NO5/c1-9-15(11(3)22)10(2)21-16(9)17(24)25-8-14(23)12-4-6-13(7-5-12)26-18(19)20/h4-7,18,21H,8H2,1-3H3. The van der Waals surface area contributed by atoms with E-state index < -0.39 is 25.0 Å². The number of halogens is 2. The molecule has 2 rings (SSSR count). The monoisotopic (exact) mass is 365 g/mol. The maximum absolute atomic E-state index is 12.1. The first-order chi connectivity index (χ1) is 12.2. The Kier molecular flexibility index (Phi) is 5.86. The lowest BCUT2D eigenvalue weighted by molar-refractivity contribution is -0.0498. The number of alkyl halides is 2. The van der Waals surface area contributed by atoms with Crippen LogP contribution in [0.1, 0.15) is 49.4 Å². The van der Waals surface area contributed by atoms with Crippen LogP contribution in [0.25, 0.3) is 0 Å². The van der Waals surface area contributed by atoms with Crippen LogP contribution in [-0.4, -0.2) is 35.7 Å². The molecule has 0 amide bonds.